The smallest absolute Gasteiger partial charge is 0.245 e. The molecular weight excluding hydrogens is 452 g/mol. The number of para-hydroxylation sites is 1. The van der Waals surface area contributed by atoms with Gasteiger partial charge in [-0.2, -0.15) is 5.10 Å². The number of rotatable bonds is 15. The van der Waals surface area contributed by atoms with Crippen LogP contribution in [0.15, 0.2) is 66.7 Å². The molecule has 0 saturated carbocycles. The Labute approximate surface area is 214 Å². The lowest BCUT2D eigenvalue weighted by Gasteiger charge is -2.22. The van der Waals surface area contributed by atoms with E-state index in [1.165, 1.54) is 19.3 Å². The summed E-state index contributed by atoms with van der Waals surface area (Å²) in [7, 11) is 1.60. The Morgan fingerprint density at radius 1 is 0.944 bits per heavy atom. The molecule has 36 heavy (non-hydrogen) atoms. The van der Waals surface area contributed by atoms with E-state index < -0.39 is 0 Å². The summed E-state index contributed by atoms with van der Waals surface area (Å²) in [6.45, 7) is 2.93. The molecule has 0 fully saturated rings. The lowest BCUT2D eigenvalue weighted by atomic mass is 10.1. The van der Waals surface area contributed by atoms with Crippen molar-refractivity contribution in [3.63, 3.8) is 0 Å². The van der Waals surface area contributed by atoms with E-state index in [1.54, 1.807) is 16.7 Å². The molecule has 0 aliphatic heterocycles. The lowest BCUT2D eigenvalue weighted by Crippen LogP contribution is -2.40. The van der Waals surface area contributed by atoms with Crippen molar-refractivity contribution in [2.75, 3.05) is 32.1 Å². The molecule has 1 heterocycles. The number of unbranched alkanes of at least 4 members (excludes halogenated alkanes) is 5. The van der Waals surface area contributed by atoms with Gasteiger partial charge in [0.05, 0.1) is 24.5 Å². The Morgan fingerprint density at radius 3 is 2.31 bits per heavy atom. The standard InChI is InChI=1S/C29H38N4O3/c1-3-4-5-6-7-14-19-29(35)32(20-21-36-2)23-28(34)30-27-22-26(24-15-10-8-11-16-24)31-33(27)25-17-12-9-13-18-25/h8-13,15-18,22H,3-7,14,19-21,23H2,1-2H3,(H,30,34). The van der Waals surface area contributed by atoms with Gasteiger partial charge in [0.25, 0.3) is 0 Å². The van der Waals surface area contributed by atoms with Crippen LogP contribution in [0.1, 0.15) is 51.9 Å². The number of hydrogen-bond acceptors (Lipinski definition) is 4. The van der Waals surface area contributed by atoms with Crippen molar-refractivity contribution >= 4 is 17.6 Å². The summed E-state index contributed by atoms with van der Waals surface area (Å²) in [5, 5.41) is 7.72. The van der Waals surface area contributed by atoms with Crippen molar-refractivity contribution in [2.24, 2.45) is 0 Å². The van der Waals surface area contributed by atoms with Crippen molar-refractivity contribution in [3.8, 4) is 16.9 Å². The predicted molar refractivity (Wildman–Crippen MR) is 144 cm³/mol. The first-order valence-electron chi connectivity index (χ1n) is 12.9. The fourth-order valence-electron chi connectivity index (χ4n) is 4.05. The Kier molecular flexibility index (Phi) is 11.2. The molecule has 1 aromatic heterocycles. The molecule has 0 aliphatic rings. The molecule has 0 atom stereocenters. The topological polar surface area (TPSA) is 76.5 Å². The predicted octanol–water partition coefficient (Wildman–Crippen LogP) is 5.70. The van der Waals surface area contributed by atoms with E-state index >= 15 is 0 Å². The molecule has 0 saturated heterocycles. The normalized spacial score (nSPS) is 10.8. The van der Waals surface area contributed by atoms with Gasteiger partial charge >= 0.3 is 0 Å². The Balaban J connectivity index is 1.69. The summed E-state index contributed by atoms with van der Waals surface area (Å²) < 4.78 is 6.90. The summed E-state index contributed by atoms with van der Waals surface area (Å²) in [5.74, 6) is 0.276. The van der Waals surface area contributed by atoms with Crippen molar-refractivity contribution in [1.82, 2.24) is 14.7 Å². The average Bonchev–Trinajstić information content (AvgIpc) is 3.33. The van der Waals surface area contributed by atoms with Crippen LogP contribution >= 0.6 is 0 Å². The molecule has 192 valence electrons. The first kappa shape index (κ1) is 27.1. The molecule has 0 spiro atoms. The fourth-order valence-corrected chi connectivity index (χ4v) is 4.05. The van der Waals surface area contributed by atoms with Gasteiger partial charge in [-0.3, -0.25) is 9.59 Å². The molecule has 3 rings (SSSR count). The first-order chi connectivity index (χ1) is 17.6. The zero-order chi connectivity index (χ0) is 25.6. The van der Waals surface area contributed by atoms with E-state index in [4.69, 9.17) is 9.84 Å². The van der Waals surface area contributed by atoms with Gasteiger partial charge in [-0.25, -0.2) is 4.68 Å². The average molecular weight is 491 g/mol. The van der Waals surface area contributed by atoms with E-state index in [0.717, 1.165) is 36.2 Å². The number of nitrogens with one attached hydrogen (secondary N) is 1. The number of carbonyl (C=O) groups excluding carboxylic acids is 2. The second-order valence-corrected chi connectivity index (χ2v) is 8.90. The van der Waals surface area contributed by atoms with Gasteiger partial charge in [-0.1, -0.05) is 87.6 Å². The van der Waals surface area contributed by atoms with Gasteiger partial charge in [0.15, 0.2) is 0 Å². The van der Waals surface area contributed by atoms with E-state index in [2.05, 4.69) is 12.2 Å². The number of benzene rings is 2. The van der Waals surface area contributed by atoms with Gasteiger partial charge in [-0.05, 0) is 18.6 Å². The minimum absolute atomic E-state index is 0.0146. The molecule has 3 aromatic rings. The third kappa shape index (κ3) is 8.34. The maximum Gasteiger partial charge on any atom is 0.245 e. The van der Waals surface area contributed by atoms with Gasteiger partial charge < -0.3 is 15.0 Å². The summed E-state index contributed by atoms with van der Waals surface area (Å²) in [4.78, 5) is 27.5. The molecule has 2 amide bonds. The summed E-state index contributed by atoms with van der Waals surface area (Å²) in [6.07, 6.45) is 7.12. The highest BCUT2D eigenvalue weighted by Gasteiger charge is 2.19. The highest BCUT2D eigenvalue weighted by molar-refractivity contribution is 5.94. The summed E-state index contributed by atoms with van der Waals surface area (Å²) >= 11 is 0. The molecule has 7 nitrogen and oxygen atoms in total. The van der Waals surface area contributed by atoms with E-state index in [-0.39, 0.29) is 18.4 Å². The van der Waals surface area contributed by atoms with Crippen LogP contribution < -0.4 is 5.32 Å². The van der Waals surface area contributed by atoms with Gasteiger partial charge in [0.1, 0.15) is 5.82 Å². The van der Waals surface area contributed by atoms with E-state index in [9.17, 15) is 9.59 Å². The third-order valence-corrected chi connectivity index (χ3v) is 6.04. The third-order valence-electron chi connectivity index (χ3n) is 6.04. The minimum Gasteiger partial charge on any atom is -0.383 e. The largest absolute Gasteiger partial charge is 0.383 e. The van der Waals surface area contributed by atoms with Crippen molar-refractivity contribution in [1.29, 1.82) is 0 Å². The number of carbonyl (C=O) groups is 2. The number of methoxy groups -OCH3 is 1. The first-order valence-corrected chi connectivity index (χ1v) is 12.9. The Bertz CT molecular complexity index is 1070. The fraction of sp³-hybridized carbons (Fsp3) is 0.414. The molecule has 0 aliphatic carbocycles. The number of hydrogen-bond donors (Lipinski definition) is 1. The molecule has 0 bridgehead atoms. The molecule has 2 aromatic carbocycles. The number of nitrogens with zero attached hydrogens (tertiary/aromatic N) is 3. The number of anilines is 1. The number of aromatic nitrogens is 2. The monoisotopic (exact) mass is 490 g/mol. The molecular formula is C29H38N4O3. The van der Waals surface area contributed by atoms with Crippen LogP contribution in [0.5, 0.6) is 0 Å². The van der Waals surface area contributed by atoms with Crippen LogP contribution in [0.3, 0.4) is 0 Å². The molecule has 0 radical (unpaired) electrons. The van der Waals surface area contributed by atoms with Crippen molar-refractivity contribution in [3.05, 3.63) is 66.7 Å². The van der Waals surface area contributed by atoms with Crippen molar-refractivity contribution < 1.29 is 14.3 Å². The zero-order valence-corrected chi connectivity index (χ0v) is 21.5. The van der Waals surface area contributed by atoms with Crippen LogP contribution in [-0.4, -0.2) is 53.3 Å². The minimum atomic E-state index is -0.265. The molecule has 7 heteroatoms. The maximum atomic E-state index is 13.1. The highest BCUT2D eigenvalue weighted by atomic mass is 16.5. The highest BCUT2D eigenvalue weighted by Crippen LogP contribution is 2.24. The van der Waals surface area contributed by atoms with E-state index in [0.29, 0.717) is 25.4 Å². The SMILES string of the molecule is CCCCCCCCC(=O)N(CCOC)CC(=O)Nc1cc(-c2ccccc2)nn1-c1ccccc1. The molecule has 1 N–H and O–H groups in total. The van der Waals surface area contributed by atoms with Gasteiger partial charge in [0, 0.05) is 31.7 Å². The van der Waals surface area contributed by atoms with Crippen LogP contribution in [0.4, 0.5) is 5.82 Å². The van der Waals surface area contributed by atoms with Gasteiger partial charge in [-0.15, -0.1) is 0 Å². The molecule has 0 unspecified atom stereocenters. The number of amides is 2. The van der Waals surface area contributed by atoms with Crippen LogP contribution in [0, 0.1) is 0 Å². The maximum absolute atomic E-state index is 13.1. The quantitative estimate of drug-likeness (QED) is 0.277. The van der Waals surface area contributed by atoms with Crippen LogP contribution in [0.25, 0.3) is 16.9 Å². The van der Waals surface area contributed by atoms with Crippen LogP contribution in [0.2, 0.25) is 0 Å². The second kappa shape index (κ2) is 14.8. The number of ether oxygens (including phenoxy) is 1. The van der Waals surface area contributed by atoms with Gasteiger partial charge in [0.2, 0.25) is 11.8 Å². The second-order valence-electron chi connectivity index (χ2n) is 8.90. The Hall–Kier alpha value is -3.45. The Morgan fingerprint density at radius 2 is 1.61 bits per heavy atom. The van der Waals surface area contributed by atoms with Crippen LogP contribution in [-0.2, 0) is 14.3 Å². The zero-order valence-electron chi connectivity index (χ0n) is 21.5. The lowest BCUT2D eigenvalue weighted by molar-refractivity contribution is -0.135. The van der Waals surface area contributed by atoms with E-state index in [1.807, 2.05) is 66.7 Å². The van der Waals surface area contributed by atoms with Crippen molar-refractivity contribution in [2.45, 2.75) is 51.9 Å². The summed E-state index contributed by atoms with van der Waals surface area (Å²) in [6, 6.07) is 21.4. The summed E-state index contributed by atoms with van der Waals surface area (Å²) in [5.41, 5.74) is 2.55.